The Balaban J connectivity index is 1.39. The molecule has 4 aliphatic heterocycles. The van der Waals surface area contributed by atoms with Crippen LogP contribution in [0, 0.1) is 22.7 Å². The summed E-state index contributed by atoms with van der Waals surface area (Å²) < 4.78 is 31.7. The Hall–Kier alpha value is -4.01. The van der Waals surface area contributed by atoms with Crippen molar-refractivity contribution in [2.45, 2.75) is 51.0 Å². The van der Waals surface area contributed by atoms with Crippen molar-refractivity contribution in [3.63, 3.8) is 0 Å². The van der Waals surface area contributed by atoms with E-state index < -0.39 is 17.3 Å². The molecule has 43 heavy (non-hydrogen) atoms. The van der Waals surface area contributed by atoms with Gasteiger partial charge in [-0.2, -0.15) is 5.26 Å². The molecule has 1 aliphatic carbocycles. The van der Waals surface area contributed by atoms with E-state index in [1.54, 1.807) is 23.3 Å². The van der Waals surface area contributed by atoms with Gasteiger partial charge in [0.15, 0.2) is 0 Å². The second kappa shape index (κ2) is 11.2. The molecule has 11 heteroatoms. The van der Waals surface area contributed by atoms with Crippen LogP contribution in [0.3, 0.4) is 0 Å². The Kier molecular flexibility index (Phi) is 7.60. The Morgan fingerprint density at radius 3 is 2.63 bits per heavy atom. The highest BCUT2D eigenvalue weighted by atomic mass is 19.3. The summed E-state index contributed by atoms with van der Waals surface area (Å²) in [5, 5.41) is 15.1. The number of nitrogens with zero attached hydrogens (tertiary/aromatic N) is 6. The van der Waals surface area contributed by atoms with Crippen LogP contribution in [0.2, 0.25) is 0 Å². The third kappa shape index (κ3) is 5.57. The molecule has 0 amide bonds. The quantitative estimate of drug-likeness (QED) is 0.402. The minimum atomic E-state index is -2.96. The van der Waals surface area contributed by atoms with Crippen LogP contribution in [0.4, 0.5) is 20.4 Å². The zero-order valence-electron chi connectivity index (χ0n) is 24.6. The van der Waals surface area contributed by atoms with Crippen LogP contribution < -0.4 is 21.8 Å². The fraction of sp³-hybridized carbons (Fsp3) is 0.469. The van der Waals surface area contributed by atoms with Gasteiger partial charge in [-0.1, -0.05) is 24.8 Å². The van der Waals surface area contributed by atoms with Crippen molar-refractivity contribution in [3.05, 3.63) is 77.0 Å². The SMILES string of the molecule is C=C1C(C2(C#N)CC2)=Cc2c3ncnc2N1CCCN(N)/C=C(\N)CN1CCC(CC1)C(F)(F)c1cccc(c1)C(C)N3. The third-order valence-corrected chi connectivity index (χ3v) is 9.28. The molecule has 2 aromatic rings. The van der Waals surface area contributed by atoms with Gasteiger partial charge in [-0.3, -0.25) is 4.90 Å². The molecule has 1 aromatic heterocycles. The van der Waals surface area contributed by atoms with E-state index in [0.717, 1.165) is 35.2 Å². The van der Waals surface area contributed by atoms with Gasteiger partial charge in [0.05, 0.1) is 17.0 Å². The van der Waals surface area contributed by atoms with Crippen LogP contribution in [0.25, 0.3) is 6.08 Å². The molecule has 9 nitrogen and oxygen atoms in total. The van der Waals surface area contributed by atoms with Crippen molar-refractivity contribution >= 4 is 17.7 Å². The Labute approximate surface area is 251 Å². The number of anilines is 2. The molecule has 8 bridgehead atoms. The van der Waals surface area contributed by atoms with E-state index in [1.165, 1.54) is 12.4 Å². The molecule has 1 aromatic carbocycles. The maximum Gasteiger partial charge on any atom is 0.276 e. The number of piperidine rings is 1. The topological polar surface area (TPSA) is 123 Å². The summed E-state index contributed by atoms with van der Waals surface area (Å²) >= 11 is 0. The van der Waals surface area contributed by atoms with Crippen LogP contribution in [-0.4, -0.2) is 52.6 Å². The second-order valence-corrected chi connectivity index (χ2v) is 12.3. The minimum absolute atomic E-state index is 0.0280. The lowest BCUT2D eigenvalue weighted by Gasteiger charge is -2.36. The fourth-order valence-electron chi connectivity index (χ4n) is 6.55. The van der Waals surface area contributed by atoms with Gasteiger partial charge < -0.3 is 21.0 Å². The largest absolute Gasteiger partial charge is 0.400 e. The van der Waals surface area contributed by atoms with Crippen LogP contribution in [0.15, 0.2) is 60.3 Å². The number of alkyl halides is 2. The molecule has 5 aliphatic rings. The number of hydrogen-bond acceptors (Lipinski definition) is 9. The number of fused-ring (bicyclic) bond motifs is 8. The Morgan fingerprint density at radius 1 is 1.14 bits per heavy atom. The average molecular weight is 588 g/mol. The predicted octanol–water partition coefficient (Wildman–Crippen LogP) is 4.85. The highest BCUT2D eigenvalue weighted by Crippen LogP contribution is 2.56. The first kappa shape index (κ1) is 29.1. The molecule has 5 N–H and O–H groups in total. The maximum atomic E-state index is 15.9. The summed E-state index contributed by atoms with van der Waals surface area (Å²) in [5.74, 6) is 3.84. The van der Waals surface area contributed by atoms with E-state index >= 15 is 8.78 Å². The summed E-state index contributed by atoms with van der Waals surface area (Å²) in [5.41, 5.74) is 9.47. The van der Waals surface area contributed by atoms with E-state index in [4.69, 9.17) is 11.6 Å². The van der Waals surface area contributed by atoms with Gasteiger partial charge in [0.1, 0.15) is 18.0 Å². The first-order valence-electron chi connectivity index (χ1n) is 15.0. The van der Waals surface area contributed by atoms with E-state index in [0.29, 0.717) is 69.3 Å². The Bertz CT molecular complexity index is 1500. The molecule has 1 saturated carbocycles. The summed E-state index contributed by atoms with van der Waals surface area (Å²) in [6.45, 7) is 8.99. The number of hydrogen-bond donors (Lipinski definition) is 3. The van der Waals surface area contributed by atoms with Crippen molar-refractivity contribution in [2.75, 3.05) is 42.9 Å². The number of nitrogens with one attached hydrogen (secondary N) is 1. The number of hydrazine groups is 1. The monoisotopic (exact) mass is 587 g/mol. The average Bonchev–Trinajstić information content (AvgIpc) is 3.79. The summed E-state index contributed by atoms with van der Waals surface area (Å²) in [4.78, 5) is 13.3. The zero-order chi connectivity index (χ0) is 30.4. The number of rotatable bonds is 1. The number of benzene rings is 1. The van der Waals surface area contributed by atoms with E-state index in [-0.39, 0.29) is 11.6 Å². The van der Waals surface area contributed by atoms with Crippen molar-refractivity contribution in [3.8, 4) is 6.07 Å². The molecule has 0 radical (unpaired) electrons. The molecule has 226 valence electrons. The normalized spacial score (nSPS) is 28.0. The van der Waals surface area contributed by atoms with E-state index in [2.05, 4.69) is 32.8 Å². The number of allylic oxidation sites excluding steroid dienone is 1. The standard InChI is InChI=1S/C32H39F2N9/c1-21-23-5-3-6-25(15-23)32(33,34)24-7-13-41(14-8-24)17-26(36)18-42(37)11-4-12-43-22(2)28(31(19-35)9-10-31)16-27-29(40-21)38-20-39-30(27)43/h3,5-6,15-16,18,20-21,24H,2,4,7-14,17,36-37H2,1H3,(H,38,39,40)/b26-18-. The lowest BCUT2D eigenvalue weighted by atomic mass is 9.85. The minimum Gasteiger partial charge on any atom is -0.400 e. The number of nitriles is 1. The van der Waals surface area contributed by atoms with Gasteiger partial charge in [0.25, 0.3) is 5.92 Å². The molecule has 7 rings (SSSR count). The third-order valence-electron chi connectivity index (χ3n) is 9.28. The maximum absolute atomic E-state index is 15.9. The lowest BCUT2D eigenvalue weighted by molar-refractivity contribution is -0.0849. The number of halogens is 2. The molecule has 2 fully saturated rings. The van der Waals surface area contributed by atoms with Gasteiger partial charge in [-0.25, -0.2) is 24.6 Å². The zero-order valence-corrected chi connectivity index (χ0v) is 24.6. The number of aromatic nitrogens is 2. The molecule has 5 heterocycles. The Morgan fingerprint density at radius 2 is 1.91 bits per heavy atom. The highest BCUT2D eigenvalue weighted by Gasteiger charge is 2.50. The fourth-order valence-corrected chi connectivity index (χ4v) is 6.55. The summed E-state index contributed by atoms with van der Waals surface area (Å²) in [6, 6.07) is 8.89. The van der Waals surface area contributed by atoms with Crippen molar-refractivity contribution in [1.29, 1.82) is 5.26 Å². The van der Waals surface area contributed by atoms with Gasteiger partial charge >= 0.3 is 0 Å². The molecule has 0 spiro atoms. The highest BCUT2D eigenvalue weighted by molar-refractivity contribution is 5.84. The molecule has 1 atom stereocenters. The van der Waals surface area contributed by atoms with Crippen LogP contribution in [0.5, 0.6) is 0 Å². The number of nitrogens with two attached hydrogens (primary N) is 2. The summed E-state index contributed by atoms with van der Waals surface area (Å²) in [7, 11) is 0. The lowest BCUT2D eigenvalue weighted by Crippen LogP contribution is -2.41. The van der Waals surface area contributed by atoms with Crippen LogP contribution in [0.1, 0.15) is 61.8 Å². The molecular weight excluding hydrogens is 548 g/mol. The smallest absolute Gasteiger partial charge is 0.276 e. The van der Waals surface area contributed by atoms with Crippen molar-refractivity contribution in [1.82, 2.24) is 19.9 Å². The van der Waals surface area contributed by atoms with E-state index in [1.807, 2.05) is 24.0 Å². The first-order chi connectivity index (χ1) is 20.6. The van der Waals surface area contributed by atoms with Gasteiger partial charge in [0.2, 0.25) is 0 Å². The van der Waals surface area contributed by atoms with Gasteiger partial charge in [-0.15, -0.1) is 0 Å². The van der Waals surface area contributed by atoms with Crippen molar-refractivity contribution in [2.24, 2.45) is 22.9 Å². The second-order valence-electron chi connectivity index (χ2n) is 12.3. The first-order valence-corrected chi connectivity index (χ1v) is 15.0. The van der Waals surface area contributed by atoms with Gasteiger partial charge in [0, 0.05) is 54.8 Å². The van der Waals surface area contributed by atoms with Crippen LogP contribution >= 0.6 is 0 Å². The van der Waals surface area contributed by atoms with Crippen LogP contribution in [-0.2, 0) is 5.92 Å². The molecular formula is C32H39F2N9. The molecule has 1 unspecified atom stereocenters. The predicted molar refractivity (Wildman–Crippen MR) is 163 cm³/mol. The summed E-state index contributed by atoms with van der Waals surface area (Å²) in [6.07, 6.45) is 8.18. The van der Waals surface area contributed by atoms with Crippen molar-refractivity contribution < 1.29 is 8.78 Å². The van der Waals surface area contributed by atoms with Gasteiger partial charge in [-0.05, 0) is 75.4 Å². The van der Waals surface area contributed by atoms with E-state index in [9.17, 15) is 5.26 Å². The molecule has 1 saturated heterocycles.